The zero-order chi connectivity index (χ0) is 38.5. The molecule has 0 bridgehead atoms. The van der Waals surface area contributed by atoms with Crippen LogP contribution < -0.4 is 14.9 Å². The van der Waals surface area contributed by atoms with Crippen LogP contribution in [0.3, 0.4) is 0 Å². The largest absolute Gasteiger partial charge is 0.508 e. The van der Waals surface area contributed by atoms with E-state index in [2.05, 4.69) is 0 Å². The number of esters is 1. The second-order valence-electron chi connectivity index (χ2n) is 13.0. The van der Waals surface area contributed by atoms with E-state index in [1.807, 2.05) is 0 Å². The Hall–Kier alpha value is -4.12. The summed E-state index contributed by atoms with van der Waals surface area (Å²) in [5, 5.41) is 94.0. The van der Waals surface area contributed by atoms with Gasteiger partial charge in [0.05, 0.1) is 18.8 Å². The SMILES string of the molecule is CC(=O)O[C@@H]1[C@@H](O)[C@@H](O)[C@H](Oc2cc(O)c3c(=O)c(O[C@@H]4O[C@@H](C)[C@H](O)[C@@H](O)[C@H]4O[C@@H]4OC[C@@H](O)[C@H](O)[C@H]4O)c(-c4ccc(O)cc4)oc3c2)O[C@H]1C. The van der Waals surface area contributed by atoms with E-state index >= 15 is 0 Å². The van der Waals surface area contributed by atoms with Crippen molar-refractivity contribution in [1.82, 2.24) is 0 Å². The Kier molecular flexibility index (Phi) is 11.2. The summed E-state index contributed by atoms with van der Waals surface area (Å²) in [5.74, 6) is -2.62. The van der Waals surface area contributed by atoms with E-state index in [-0.39, 0.29) is 28.4 Å². The molecular formula is C34H40O19. The Morgan fingerprint density at radius 2 is 1.40 bits per heavy atom. The molecule has 3 aliphatic heterocycles. The molecule has 0 saturated carbocycles. The predicted octanol–water partition coefficient (Wildman–Crippen LogP) is -1.68. The molecular weight excluding hydrogens is 712 g/mol. The first kappa shape index (κ1) is 38.6. The van der Waals surface area contributed by atoms with E-state index in [4.69, 9.17) is 37.6 Å². The molecule has 3 saturated heterocycles. The summed E-state index contributed by atoms with van der Waals surface area (Å²) in [6.07, 6.45) is -21.5. The van der Waals surface area contributed by atoms with Gasteiger partial charge in [0.25, 0.3) is 0 Å². The van der Waals surface area contributed by atoms with E-state index in [1.54, 1.807) is 0 Å². The van der Waals surface area contributed by atoms with Crippen LogP contribution in [0.5, 0.6) is 23.0 Å². The highest BCUT2D eigenvalue weighted by Gasteiger charge is 2.50. The Morgan fingerprint density at radius 3 is 2.08 bits per heavy atom. The fraction of sp³-hybridized carbons (Fsp3) is 0.529. The number of carbonyl (C=O) groups excluding carboxylic acids is 1. The van der Waals surface area contributed by atoms with Gasteiger partial charge in [-0.1, -0.05) is 0 Å². The van der Waals surface area contributed by atoms with Gasteiger partial charge in [-0.3, -0.25) is 9.59 Å². The fourth-order valence-corrected chi connectivity index (χ4v) is 6.24. The maximum absolute atomic E-state index is 14.2. The molecule has 0 aliphatic carbocycles. The lowest BCUT2D eigenvalue weighted by Crippen LogP contribution is -2.62. The molecule has 14 atom stereocenters. The smallest absolute Gasteiger partial charge is 0.303 e. The Balaban J connectivity index is 1.37. The van der Waals surface area contributed by atoms with Gasteiger partial charge in [0, 0.05) is 24.6 Å². The number of hydrogen-bond donors (Lipinski definition) is 9. The van der Waals surface area contributed by atoms with Crippen molar-refractivity contribution in [3.63, 3.8) is 0 Å². The molecule has 53 heavy (non-hydrogen) atoms. The minimum atomic E-state index is -1.81. The van der Waals surface area contributed by atoms with Crippen LogP contribution in [0.2, 0.25) is 0 Å². The van der Waals surface area contributed by atoms with Crippen molar-refractivity contribution in [3.8, 4) is 34.3 Å². The number of hydrogen-bond acceptors (Lipinski definition) is 19. The van der Waals surface area contributed by atoms with E-state index in [0.717, 1.165) is 13.0 Å². The first-order valence-corrected chi connectivity index (χ1v) is 16.5. The van der Waals surface area contributed by atoms with Crippen molar-refractivity contribution in [1.29, 1.82) is 0 Å². The highest BCUT2D eigenvalue weighted by atomic mass is 16.8. The van der Waals surface area contributed by atoms with Crippen molar-refractivity contribution in [2.45, 2.75) is 107 Å². The molecule has 0 spiro atoms. The molecule has 2 aromatic carbocycles. The van der Waals surface area contributed by atoms with Crippen molar-refractivity contribution < 1.29 is 88.3 Å². The third-order valence-corrected chi connectivity index (χ3v) is 9.13. The van der Waals surface area contributed by atoms with Crippen LogP contribution in [0.1, 0.15) is 20.8 Å². The summed E-state index contributed by atoms with van der Waals surface area (Å²) >= 11 is 0. The molecule has 4 heterocycles. The molecule has 3 aromatic rings. The highest BCUT2D eigenvalue weighted by molar-refractivity contribution is 5.88. The summed E-state index contributed by atoms with van der Waals surface area (Å²) in [6.45, 7) is 3.54. The molecule has 0 unspecified atom stereocenters. The molecule has 3 aliphatic rings. The maximum Gasteiger partial charge on any atom is 0.303 e. The molecule has 19 heteroatoms. The first-order valence-electron chi connectivity index (χ1n) is 16.5. The minimum absolute atomic E-state index is 0.139. The van der Waals surface area contributed by atoms with Crippen molar-refractivity contribution in [2.75, 3.05) is 6.61 Å². The topological polar surface area (TPSA) is 294 Å². The lowest BCUT2D eigenvalue weighted by Gasteiger charge is -2.44. The molecule has 6 rings (SSSR count). The molecule has 0 radical (unpaired) electrons. The van der Waals surface area contributed by atoms with Crippen molar-refractivity contribution in [2.24, 2.45) is 0 Å². The number of rotatable bonds is 8. The Bertz CT molecular complexity index is 1830. The van der Waals surface area contributed by atoms with Crippen LogP contribution in [-0.2, 0) is 28.5 Å². The number of phenols is 2. The predicted molar refractivity (Wildman–Crippen MR) is 173 cm³/mol. The summed E-state index contributed by atoms with van der Waals surface area (Å²) in [5.41, 5.74) is -1.10. The molecule has 290 valence electrons. The Labute approximate surface area is 299 Å². The normalized spacial score (nSPS) is 36.2. The zero-order valence-corrected chi connectivity index (χ0v) is 28.4. The summed E-state index contributed by atoms with van der Waals surface area (Å²) in [4.78, 5) is 25.7. The van der Waals surface area contributed by atoms with E-state index in [0.29, 0.717) is 0 Å². The van der Waals surface area contributed by atoms with Gasteiger partial charge >= 0.3 is 5.97 Å². The van der Waals surface area contributed by atoms with E-state index < -0.39 is 121 Å². The van der Waals surface area contributed by atoms with Gasteiger partial charge in [-0.25, -0.2) is 0 Å². The highest BCUT2D eigenvalue weighted by Crippen LogP contribution is 2.39. The third-order valence-electron chi connectivity index (χ3n) is 9.13. The third kappa shape index (κ3) is 7.64. The standard InChI is InChI=1S/C34H40O19/c1-11-21(39)24(42)31(53-32-26(44)22(40)18(38)10-46-32)34(47-11)52-30-23(41)20-17(37)8-16(9-19(20)51-29(30)14-4-6-15(36)7-5-14)50-33-27(45)25(43)28(12(2)48-33)49-13(3)35/h4-9,11-12,18,21-22,24-28,31-34,36-40,42-45H,10H2,1-3H3/t11-,12-,18+,21-,22-,24+,25-,26+,27+,28-,31+,32-,33-,34-/m0/s1. The number of phenolic OH excluding ortho intramolecular Hbond substituents is 2. The van der Waals surface area contributed by atoms with E-state index in [1.165, 1.54) is 44.2 Å². The second kappa shape index (κ2) is 15.3. The monoisotopic (exact) mass is 752 g/mol. The average Bonchev–Trinajstić information content (AvgIpc) is 3.10. The second-order valence-corrected chi connectivity index (χ2v) is 13.0. The number of aliphatic hydroxyl groups is 7. The number of benzene rings is 2. The van der Waals surface area contributed by atoms with Crippen LogP contribution in [0.15, 0.2) is 45.6 Å². The minimum Gasteiger partial charge on any atom is -0.508 e. The van der Waals surface area contributed by atoms with Gasteiger partial charge in [-0.05, 0) is 38.1 Å². The molecule has 3 fully saturated rings. The lowest BCUT2D eigenvalue weighted by atomic mass is 9.99. The lowest BCUT2D eigenvalue weighted by molar-refractivity contribution is -0.341. The van der Waals surface area contributed by atoms with Crippen molar-refractivity contribution in [3.05, 3.63) is 46.6 Å². The van der Waals surface area contributed by atoms with Gasteiger partial charge in [0.2, 0.25) is 23.8 Å². The number of fused-ring (bicyclic) bond motifs is 1. The molecule has 0 amide bonds. The van der Waals surface area contributed by atoms with Gasteiger partial charge in [-0.15, -0.1) is 0 Å². The quantitative estimate of drug-likeness (QED) is 0.116. The Morgan fingerprint density at radius 1 is 0.755 bits per heavy atom. The van der Waals surface area contributed by atoms with Crippen LogP contribution in [0.4, 0.5) is 0 Å². The summed E-state index contributed by atoms with van der Waals surface area (Å²) in [6, 6.07) is 7.49. The van der Waals surface area contributed by atoms with Gasteiger partial charge in [-0.2, -0.15) is 0 Å². The first-order chi connectivity index (χ1) is 25.0. The number of ether oxygens (including phenoxy) is 7. The summed E-state index contributed by atoms with van der Waals surface area (Å²) < 4.78 is 45.3. The molecule has 19 nitrogen and oxygen atoms in total. The van der Waals surface area contributed by atoms with E-state index in [9.17, 15) is 55.5 Å². The van der Waals surface area contributed by atoms with Crippen LogP contribution in [0.25, 0.3) is 22.3 Å². The fourth-order valence-electron chi connectivity index (χ4n) is 6.24. The number of aromatic hydroxyl groups is 2. The zero-order valence-electron chi connectivity index (χ0n) is 28.4. The van der Waals surface area contributed by atoms with Crippen LogP contribution in [-0.4, -0.2) is 145 Å². The van der Waals surface area contributed by atoms with Crippen molar-refractivity contribution >= 4 is 16.9 Å². The average molecular weight is 753 g/mol. The van der Waals surface area contributed by atoms with Crippen LogP contribution >= 0.6 is 0 Å². The van der Waals surface area contributed by atoms with Gasteiger partial charge < -0.3 is 83.5 Å². The molecule has 1 aromatic heterocycles. The van der Waals surface area contributed by atoms with Gasteiger partial charge in [0.1, 0.15) is 70.9 Å². The molecule has 9 N–H and O–H groups in total. The van der Waals surface area contributed by atoms with Gasteiger partial charge in [0.15, 0.2) is 24.3 Å². The van der Waals surface area contributed by atoms with Crippen LogP contribution in [0, 0.1) is 0 Å². The number of carbonyl (C=O) groups is 1. The number of aliphatic hydroxyl groups excluding tert-OH is 7. The summed E-state index contributed by atoms with van der Waals surface area (Å²) in [7, 11) is 0. The maximum atomic E-state index is 14.2.